The minimum atomic E-state index is 0. The molecule has 0 unspecified atom stereocenters. The van der Waals surface area contributed by atoms with Gasteiger partial charge in [-0.05, 0) is 6.42 Å². The molecule has 0 aliphatic carbocycles. The molecule has 0 aromatic carbocycles. The van der Waals surface area contributed by atoms with Crippen molar-refractivity contribution in [1.29, 1.82) is 0 Å². The fourth-order valence-electron chi connectivity index (χ4n) is 0.293. The average molecular weight is 173 g/mol. The van der Waals surface area contributed by atoms with E-state index in [1.807, 2.05) is 0 Å². The van der Waals surface area contributed by atoms with Gasteiger partial charge >= 0.3 is 0 Å². The van der Waals surface area contributed by atoms with Crippen LogP contribution in [0.5, 0.6) is 0 Å². The summed E-state index contributed by atoms with van der Waals surface area (Å²) in [5, 5.41) is 0. The van der Waals surface area contributed by atoms with Gasteiger partial charge in [-0.2, -0.15) is 0 Å². The maximum atomic E-state index is 4.95. The highest BCUT2D eigenvalue weighted by molar-refractivity contribution is 8.93. The molecule has 0 N–H and O–H groups in total. The van der Waals surface area contributed by atoms with E-state index in [4.69, 9.17) is 12.8 Å². The summed E-state index contributed by atoms with van der Waals surface area (Å²) in [6.45, 7) is 0. The van der Waals surface area contributed by atoms with E-state index in [0.29, 0.717) is 0 Å². The molecule has 0 aromatic heterocycles. The van der Waals surface area contributed by atoms with E-state index in [1.54, 1.807) is 0 Å². The van der Waals surface area contributed by atoms with Gasteiger partial charge in [-0.1, -0.05) is 0 Å². The lowest BCUT2D eigenvalue weighted by atomic mass is 10.2. The molecule has 44 valence electrons. The minimum Gasteiger partial charge on any atom is -0.120 e. The van der Waals surface area contributed by atoms with E-state index in [1.165, 1.54) is 0 Å². The lowest BCUT2D eigenvalue weighted by Crippen LogP contribution is -1.65. The zero-order valence-corrected chi connectivity index (χ0v) is 6.40. The van der Waals surface area contributed by atoms with Crippen LogP contribution in [-0.2, 0) is 0 Å². The van der Waals surface area contributed by atoms with Crippen LogP contribution in [0.15, 0.2) is 0 Å². The zero-order valence-electron chi connectivity index (χ0n) is 4.68. The molecular formula is C7H9Br. The van der Waals surface area contributed by atoms with Crippen molar-refractivity contribution >= 4 is 17.0 Å². The van der Waals surface area contributed by atoms with Crippen molar-refractivity contribution in [2.45, 2.75) is 19.3 Å². The lowest BCUT2D eigenvalue weighted by molar-refractivity contribution is 0.905. The highest BCUT2D eigenvalue weighted by atomic mass is 79.9. The van der Waals surface area contributed by atoms with E-state index < -0.39 is 0 Å². The second kappa shape index (κ2) is 9.78. The Morgan fingerprint density at radius 2 is 1.38 bits per heavy atom. The van der Waals surface area contributed by atoms with E-state index in [2.05, 4.69) is 11.8 Å². The number of hydrogen-bond donors (Lipinski definition) is 0. The third-order valence-corrected chi connectivity index (χ3v) is 0.642. The summed E-state index contributed by atoms with van der Waals surface area (Å²) in [5.41, 5.74) is 0. The quantitative estimate of drug-likeness (QED) is 0.442. The fraction of sp³-hybridized carbons (Fsp3) is 0.429. The van der Waals surface area contributed by atoms with Crippen LogP contribution in [0.25, 0.3) is 0 Å². The van der Waals surface area contributed by atoms with Crippen LogP contribution in [0.4, 0.5) is 0 Å². The van der Waals surface area contributed by atoms with Gasteiger partial charge in [0.1, 0.15) is 0 Å². The smallest absolute Gasteiger partial charge is 0.00951 e. The van der Waals surface area contributed by atoms with Gasteiger partial charge in [-0.15, -0.1) is 41.7 Å². The molecular weight excluding hydrogens is 164 g/mol. The average Bonchev–Trinajstić information content (AvgIpc) is 1.69. The molecule has 0 aliphatic rings. The van der Waals surface area contributed by atoms with Gasteiger partial charge in [0, 0.05) is 12.8 Å². The van der Waals surface area contributed by atoms with Crippen molar-refractivity contribution in [2.75, 3.05) is 0 Å². The van der Waals surface area contributed by atoms with Crippen molar-refractivity contribution in [2.24, 2.45) is 0 Å². The Balaban J connectivity index is 0. The van der Waals surface area contributed by atoms with E-state index >= 15 is 0 Å². The monoisotopic (exact) mass is 172 g/mol. The number of terminal acetylenes is 2. The van der Waals surface area contributed by atoms with E-state index in [0.717, 1.165) is 19.3 Å². The molecule has 0 radical (unpaired) electrons. The summed E-state index contributed by atoms with van der Waals surface area (Å²) in [5.74, 6) is 5.01. The zero-order chi connectivity index (χ0) is 5.54. The van der Waals surface area contributed by atoms with Gasteiger partial charge in [0.05, 0.1) is 0 Å². The summed E-state index contributed by atoms with van der Waals surface area (Å²) < 4.78 is 0. The molecule has 1 heteroatoms. The molecule has 0 nitrogen and oxygen atoms in total. The van der Waals surface area contributed by atoms with E-state index in [9.17, 15) is 0 Å². The maximum Gasteiger partial charge on any atom is 0.00951 e. The summed E-state index contributed by atoms with van der Waals surface area (Å²) in [6, 6.07) is 0. The minimum absolute atomic E-state index is 0. The lowest BCUT2D eigenvalue weighted by Gasteiger charge is -1.79. The third kappa shape index (κ3) is 9.14. The van der Waals surface area contributed by atoms with Gasteiger partial charge in [0.2, 0.25) is 0 Å². The van der Waals surface area contributed by atoms with Crippen molar-refractivity contribution < 1.29 is 0 Å². The Kier molecular flexibility index (Phi) is 12.9. The van der Waals surface area contributed by atoms with Gasteiger partial charge in [0.15, 0.2) is 0 Å². The summed E-state index contributed by atoms with van der Waals surface area (Å²) in [6.07, 6.45) is 12.5. The molecule has 0 rings (SSSR count). The van der Waals surface area contributed by atoms with Crippen LogP contribution in [0.1, 0.15) is 19.3 Å². The third-order valence-electron chi connectivity index (χ3n) is 0.642. The number of unbranched alkanes of at least 4 members (excludes halogenated alkanes) is 2. The van der Waals surface area contributed by atoms with Gasteiger partial charge < -0.3 is 0 Å². The first-order chi connectivity index (χ1) is 3.41. The molecule has 0 aromatic rings. The second-order valence-corrected chi connectivity index (χ2v) is 1.26. The normalized spacial score (nSPS) is 5.75. The molecule has 0 atom stereocenters. The van der Waals surface area contributed by atoms with Crippen molar-refractivity contribution in [3.05, 3.63) is 0 Å². The van der Waals surface area contributed by atoms with Crippen molar-refractivity contribution in [3.63, 3.8) is 0 Å². The number of halogens is 1. The highest BCUT2D eigenvalue weighted by Crippen LogP contribution is 1.88. The Bertz CT molecular complexity index is 88.5. The van der Waals surface area contributed by atoms with Crippen LogP contribution in [0.2, 0.25) is 0 Å². The van der Waals surface area contributed by atoms with Gasteiger partial charge in [-0.25, -0.2) is 0 Å². The fourth-order valence-corrected chi connectivity index (χ4v) is 0.293. The number of hydrogen-bond acceptors (Lipinski definition) is 0. The molecule has 0 saturated carbocycles. The SMILES string of the molecule is Br.C#CCCCC#C. The molecule has 0 fully saturated rings. The van der Waals surface area contributed by atoms with Crippen LogP contribution < -0.4 is 0 Å². The summed E-state index contributed by atoms with van der Waals surface area (Å²) in [4.78, 5) is 0. The molecule has 0 bridgehead atoms. The van der Waals surface area contributed by atoms with Gasteiger partial charge in [0.25, 0.3) is 0 Å². The van der Waals surface area contributed by atoms with Crippen LogP contribution in [-0.4, -0.2) is 0 Å². The largest absolute Gasteiger partial charge is 0.120 e. The van der Waals surface area contributed by atoms with Crippen LogP contribution >= 0.6 is 17.0 Å². The molecule has 0 spiro atoms. The number of rotatable bonds is 2. The topological polar surface area (TPSA) is 0 Å². The second-order valence-electron chi connectivity index (χ2n) is 1.26. The first-order valence-electron chi connectivity index (χ1n) is 2.28. The highest BCUT2D eigenvalue weighted by Gasteiger charge is 1.74. The molecule has 0 amide bonds. The maximum absolute atomic E-state index is 4.95. The Hall–Kier alpha value is -0.400. The standard InChI is InChI=1S/C7H8.BrH/c1-3-5-7-6-4-2;/h1-2H,5-7H2;1H. The molecule has 8 heavy (non-hydrogen) atoms. The molecule has 0 aliphatic heterocycles. The van der Waals surface area contributed by atoms with Gasteiger partial charge in [-0.3, -0.25) is 0 Å². The van der Waals surface area contributed by atoms with E-state index in [-0.39, 0.29) is 17.0 Å². The predicted molar refractivity (Wildman–Crippen MR) is 41.8 cm³/mol. The van der Waals surface area contributed by atoms with Crippen LogP contribution in [0.3, 0.4) is 0 Å². The van der Waals surface area contributed by atoms with Crippen molar-refractivity contribution in [1.82, 2.24) is 0 Å². The Morgan fingerprint density at radius 1 is 1.00 bits per heavy atom. The Morgan fingerprint density at radius 3 is 1.62 bits per heavy atom. The Labute approximate surface area is 61.4 Å². The van der Waals surface area contributed by atoms with Crippen molar-refractivity contribution in [3.8, 4) is 24.7 Å². The van der Waals surface area contributed by atoms with Crippen LogP contribution in [0, 0.1) is 24.7 Å². The first-order valence-corrected chi connectivity index (χ1v) is 2.28. The molecule has 0 heterocycles. The summed E-state index contributed by atoms with van der Waals surface area (Å²) in [7, 11) is 0. The summed E-state index contributed by atoms with van der Waals surface area (Å²) >= 11 is 0. The first kappa shape index (κ1) is 10.6. The predicted octanol–water partition coefficient (Wildman–Crippen LogP) is 2.00. The molecule has 0 saturated heterocycles.